The molecule has 1 aromatic carbocycles. The van der Waals surface area contributed by atoms with Crippen LogP contribution in [0.2, 0.25) is 5.02 Å². The summed E-state index contributed by atoms with van der Waals surface area (Å²) in [6.45, 7) is 0. The highest BCUT2D eigenvalue weighted by atomic mass is 35.5. The smallest absolute Gasteiger partial charge is 0.314 e. The van der Waals surface area contributed by atoms with Gasteiger partial charge in [-0.1, -0.05) is 18.0 Å². The van der Waals surface area contributed by atoms with Gasteiger partial charge in [0.2, 0.25) is 5.82 Å². The molecule has 2 rings (SSSR count). The van der Waals surface area contributed by atoms with Crippen LogP contribution in [0.15, 0.2) is 6.07 Å². The average Bonchev–Trinajstić information content (AvgIpc) is 2.20. The molecule has 0 saturated heterocycles. The minimum Gasteiger partial charge on any atom is -0.504 e. The van der Waals surface area contributed by atoms with Crippen LogP contribution in [0.25, 0.3) is 0 Å². The van der Waals surface area contributed by atoms with Crippen molar-refractivity contribution in [2.75, 3.05) is 0 Å². The molecule has 6 heteroatoms. The lowest BCUT2D eigenvalue weighted by atomic mass is 9.64. The third kappa shape index (κ3) is 1.57. The standard InChI is InChI=1S/C11H9ClF2O3/c12-6-4-5(7(13)8(14)9(6)15)11(10(16)17)2-1-3-11/h4,15H,1-3H2,(H,16,17). The molecule has 17 heavy (non-hydrogen) atoms. The maximum atomic E-state index is 13.7. The number of halogens is 3. The molecule has 2 N–H and O–H groups in total. The molecular weight excluding hydrogens is 254 g/mol. The zero-order valence-corrected chi connectivity index (χ0v) is 9.39. The summed E-state index contributed by atoms with van der Waals surface area (Å²) < 4.78 is 27.0. The maximum Gasteiger partial charge on any atom is 0.314 e. The third-order valence-electron chi connectivity index (χ3n) is 3.27. The molecule has 0 atom stereocenters. The number of carboxylic acids is 1. The summed E-state index contributed by atoms with van der Waals surface area (Å²) >= 11 is 5.53. The van der Waals surface area contributed by atoms with Crippen LogP contribution in [-0.4, -0.2) is 16.2 Å². The highest BCUT2D eigenvalue weighted by Gasteiger charge is 2.48. The van der Waals surface area contributed by atoms with Crippen molar-refractivity contribution < 1.29 is 23.8 Å². The van der Waals surface area contributed by atoms with Crippen molar-refractivity contribution in [3.05, 3.63) is 28.3 Å². The fraction of sp³-hybridized carbons (Fsp3) is 0.364. The molecule has 1 saturated carbocycles. The van der Waals surface area contributed by atoms with Gasteiger partial charge in [-0.2, -0.15) is 4.39 Å². The van der Waals surface area contributed by atoms with Gasteiger partial charge in [0.15, 0.2) is 11.6 Å². The van der Waals surface area contributed by atoms with Gasteiger partial charge in [0, 0.05) is 5.56 Å². The second-order valence-corrected chi connectivity index (χ2v) is 4.53. The summed E-state index contributed by atoms with van der Waals surface area (Å²) in [5, 5.41) is 17.8. The van der Waals surface area contributed by atoms with Gasteiger partial charge >= 0.3 is 5.97 Å². The first kappa shape index (κ1) is 12.1. The van der Waals surface area contributed by atoms with E-state index >= 15 is 0 Å². The highest BCUT2D eigenvalue weighted by Crippen LogP contribution is 2.47. The van der Waals surface area contributed by atoms with E-state index in [1.807, 2.05) is 0 Å². The Hall–Kier alpha value is -1.36. The van der Waals surface area contributed by atoms with Crippen LogP contribution in [0.3, 0.4) is 0 Å². The Morgan fingerprint density at radius 3 is 2.35 bits per heavy atom. The number of aliphatic carboxylic acids is 1. The SMILES string of the molecule is O=C(O)C1(c2cc(Cl)c(O)c(F)c2F)CCC1. The number of carboxylic acid groups (broad SMARTS) is 1. The van der Waals surface area contributed by atoms with Gasteiger partial charge in [-0.15, -0.1) is 0 Å². The Morgan fingerprint density at radius 2 is 1.94 bits per heavy atom. The fourth-order valence-corrected chi connectivity index (χ4v) is 2.25. The molecule has 0 bridgehead atoms. The Morgan fingerprint density at radius 1 is 1.35 bits per heavy atom. The lowest BCUT2D eigenvalue weighted by Crippen LogP contribution is -2.43. The second kappa shape index (κ2) is 3.84. The van der Waals surface area contributed by atoms with E-state index in [2.05, 4.69) is 0 Å². The van der Waals surface area contributed by atoms with E-state index in [9.17, 15) is 13.6 Å². The number of hydrogen-bond acceptors (Lipinski definition) is 2. The summed E-state index contributed by atoms with van der Waals surface area (Å²) in [6, 6.07) is 0.989. The first-order chi connectivity index (χ1) is 7.90. The minimum atomic E-state index is -1.50. The third-order valence-corrected chi connectivity index (χ3v) is 3.55. The van der Waals surface area contributed by atoms with Crippen LogP contribution in [0.5, 0.6) is 5.75 Å². The predicted octanol–water partition coefficient (Wildman–Crippen LogP) is 2.83. The van der Waals surface area contributed by atoms with Gasteiger partial charge in [-0.3, -0.25) is 4.79 Å². The number of hydrogen-bond donors (Lipinski definition) is 2. The van der Waals surface area contributed by atoms with E-state index < -0.39 is 28.8 Å². The number of carbonyl (C=O) groups is 1. The summed E-state index contributed by atoms with van der Waals surface area (Å²) in [4.78, 5) is 11.2. The molecule has 0 heterocycles. The molecule has 3 nitrogen and oxygen atoms in total. The monoisotopic (exact) mass is 262 g/mol. The Balaban J connectivity index is 2.64. The Bertz CT molecular complexity index is 498. The van der Waals surface area contributed by atoms with Crippen LogP contribution in [-0.2, 0) is 10.2 Å². The lowest BCUT2D eigenvalue weighted by molar-refractivity contribution is -0.147. The van der Waals surface area contributed by atoms with E-state index in [1.54, 1.807) is 0 Å². The van der Waals surface area contributed by atoms with E-state index in [0.29, 0.717) is 6.42 Å². The first-order valence-corrected chi connectivity index (χ1v) is 5.38. The number of rotatable bonds is 2. The van der Waals surface area contributed by atoms with E-state index in [1.165, 1.54) is 0 Å². The van der Waals surface area contributed by atoms with Crippen molar-refractivity contribution in [1.82, 2.24) is 0 Å². The average molecular weight is 263 g/mol. The van der Waals surface area contributed by atoms with Crippen molar-refractivity contribution in [2.24, 2.45) is 0 Å². The van der Waals surface area contributed by atoms with Crippen molar-refractivity contribution in [3.8, 4) is 5.75 Å². The quantitative estimate of drug-likeness (QED) is 0.806. The van der Waals surface area contributed by atoms with Gasteiger partial charge in [-0.05, 0) is 18.9 Å². The Labute approximate surface area is 101 Å². The van der Waals surface area contributed by atoms with Crippen molar-refractivity contribution >= 4 is 17.6 Å². The van der Waals surface area contributed by atoms with Crippen LogP contribution in [0.4, 0.5) is 8.78 Å². The van der Waals surface area contributed by atoms with Crippen LogP contribution in [0.1, 0.15) is 24.8 Å². The molecule has 1 fully saturated rings. The molecule has 0 spiro atoms. The van der Waals surface area contributed by atoms with Crippen molar-refractivity contribution in [3.63, 3.8) is 0 Å². The van der Waals surface area contributed by atoms with Gasteiger partial charge < -0.3 is 10.2 Å². The number of benzene rings is 1. The second-order valence-electron chi connectivity index (χ2n) is 4.12. The summed E-state index contributed by atoms with van der Waals surface area (Å²) in [7, 11) is 0. The topological polar surface area (TPSA) is 57.5 Å². The normalized spacial score (nSPS) is 17.6. The predicted molar refractivity (Wildman–Crippen MR) is 56.2 cm³/mol. The number of aromatic hydroxyl groups is 1. The molecule has 92 valence electrons. The molecule has 0 amide bonds. The summed E-state index contributed by atoms with van der Waals surface area (Å²) in [5.74, 6) is -5.04. The van der Waals surface area contributed by atoms with Gasteiger partial charge in [-0.25, -0.2) is 4.39 Å². The van der Waals surface area contributed by atoms with Crippen LogP contribution in [0, 0.1) is 11.6 Å². The largest absolute Gasteiger partial charge is 0.504 e. The van der Waals surface area contributed by atoms with Gasteiger partial charge in [0.05, 0.1) is 10.4 Å². The van der Waals surface area contributed by atoms with E-state index in [-0.39, 0.29) is 23.4 Å². The van der Waals surface area contributed by atoms with Crippen LogP contribution >= 0.6 is 11.6 Å². The molecule has 1 aromatic rings. The maximum absolute atomic E-state index is 13.7. The molecule has 0 radical (unpaired) electrons. The molecular formula is C11H9ClF2O3. The molecule has 0 unspecified atom stereocenters. The molecule has 0 aromatic heterocycles. The van der Waals surface area contributed by atoms with Gasteiger partial charge in [0.25, 0.3) is 0 Å². The van der Waals surface area contributed by atoms with Crippen molar-refractivity contribution in [1.29, 1.82) is 0 Å². The molecule has 0 aliphatic heterocycles. The summed E-state index contributed by atoms with van der Waals surface area (Å²) in [5.41, 5.74) is -1.71. The first-order valence-electron chi connectivity index (χ1n) is 5.00. The number of phenols is 1. The van der Waals surface area contributed by atoms with Crippen LogP contribution < -0.4 is 0 Å². The minimum absolute atomic E-state index is 0.236. The van der Waals surface area contributed by atoms with E-state index in [0.717, 1.165) is 6.07 Å². The summed E-state index contributed by atoms with van der Waals surface area (Å²) in [6.07, 6.45) is 1.10. The molecule has 1 aliphatic rings. The van der Waals surface area contributed by atoms with E-state index in [4.69, 9.17) is 21.8 Å². The van der Waals surface area contributed by atoms with Crippen molar-refractivity contribution in [2.45, 2.75) is 24.7 Å². The van der Waals surface area contributed by atoms with Gasteiger partial charge in [0.1, 0.15) is 0 Å². The number of phenolic OH excluding ortho intramolecular Hbond substituents is 1. The lowest BCUT2D eigenvalue weighted by Gasteiger charge is -2.38. The zero-order valence-electron chi connectivity index (χ0n) is 8.64. The zero-order chi connectivity index (χ0) is 12.8. The highest BCUT2D eigenvalue weighted by molar-refractivity contribution is 6.32. The Kier molecular flexibility index (Phi) is 2.73. The fourth-order valence-electron chi connectivity index (χ4n) is 2.06. The molecule has 1 aliphatic carbocycles.